The Morgan fingerprint density at radius 2 is 1.75 bits per heavy atom. The highest BCUT2D eigenvalue weighted by atomic mass is 127. The Hall–Kier alpha value is -0.820. The van der Waals surface area contributed by atoms with Gasteiger partial charge in [0.1, 0.15) is 5.75 Å². The quantitative estimate of drug-likeness (QED) is 0.633. The average Bonchev–Trinajstić information content (AvgIpc) is 2.33. The van der Waals surface area contributed by atoms with E-state index in [1.807, 2.05) is 24.3 Å². The summed E-state index contributed by atoms with van der Waals surface area (Å²) in [5.74, 6) is 0.855. The van der Waals surface area contributed by atoms with E-state index in [0.29, 0.717) is 0 Å². The SMILES string of the molecule is COc1ccc(Sc2ncc(I)cn2)cc1. The molecule has 82 valence electrons. The first-order valence-corrected chi connectivity index (χ1v) is 6.47. The van der Waals surface area contributed by atoms with Gasteiger partial charge in [-0.25, -0.2) is 9.97 Å². The van der Waals surface area contributed by atoms with Crippen LogP contribution in [0.4, 0.5) is 0 Å². The molecule has 0 N–H and O–H groups in total. The molecule has 1 heterocycles. The first kappa shape index (κ1) is 11.7. The van der Waals surface area contributed by atoms with Gasteiger partial charge in [-0.15, -0.1) is 0 Å². The summed E-state index contributed by atoms with van der Waals surface area (Å²) < 4.78 is 6.13. The summed E-state index contributed by atoms with van der Waals surface area (Å²) in [4.78, 5) is 9.56. The number of methoxy groups -OCH3 is 1. The highest BCUT2D eigenvalue weighted by Gasteiger charge is 2.00. The zero-order valence-electron chi connectivity index (χ0n) is 8.55. The number of aromatic nitrogens is 2. The van der Waals surface area contributed by atoms with Crippen molar-refractivity contribution in [2.75, 3.05) is 7.11 Å². The lowest BCUT2D eigenvalue weighted by atomic mass is 10.3. The summed E-state index contributed by atoms with van der Waals surface area (Å²) in [5, 5.41) is 0.755. The lowest BCUT2D eigenvalue weighted by molar-refractivity contribution is 0.414. The molecule has 0 aliphatic heterocycles. The Morgan fingerprint density at radius 3 is 2.31 bits per heavy atom. The van der Waals surface area contributed by atoms with Gasteiger partial charge in [0, 0.05) is 20.9 Å². The third kappa shape index (κ3) is 3.08. The van der Waals surface area contributed by atoms with Crippen molar-refractivity contribution in [3.8, 4) is 5.75 Å². The maximum Gasteiger partial charge on any atom is 0.192 e. The number of halogens is 1. The van der Waals surface area contributed by atoms with E-state index in [9.17, 15) is 0 Å². The van der Waals surface area contributed by atoms with Crippen LogP contribution in [0.15, 0.2) is 46.7 Å². The van der Waals surface area contributed by atoms with Gasteiger partial charge in [-0.3, -0.25) is 0 Å². The minimum Gasteiger partial charge on any atom is -0.497 e. The third-order valence-corrected chi connectivity index (χ3v) is 3.32. The van der Waals surface area contributed by atoms with Gasteiger partial charge in [-0.2, -0.15) is 0 Å². The van der Waals surface area contributed by atoms with E-state index in [2.05, 4.69) is 32.6 Å². The van der Waals surface area contributed by atoms with Crippen molar-refractivity contribution >= 4 is 34.4 Å². The molecular weight excluding hydrogens is 335 g/mol. The van der Waals surface area contributed by atoms with Crippen LogP contribution in [0.1, 0.15) is 0 Å². The lowest BCUT2D eigenvalue weighted by Gasteiger charge is -2.02. The molecule has 0 amide bonds. The largest absolute Gasteiger partial charge is 0.497 e. The fourth-order valence-corrected chi connectivity index (χ4v) is 2.07. The van der Waals surface area contributed by atoms with Gasteiger partial charge in [0.15, 0.2) is 5.16 Å². The van der Waals surface area contributed by atoms with Crippen molar-refractivity contribution < 1.29 is 4.74 Å². The summed E-state index contributed by atoms with van der Waals surface area (Å²) in [6.45, 7) is 0. The molecule has 0 saturated heterocycles. The summed E-state index contributed by atoms with van der Waals surface area (Å²) in [7, 11) is 1.66. The summed E-state index contributed by atoms with van der Waals surface area (Å²) in [6, 6.07) is 7.83. The van der Waals surface area contributed by atoms with Crippen LogP contribution in [0.5, 0.6) is 5.75 Å². The van der Waals surface area contributed by atoms with Gasteiger partial charge in [0.05, 0.1) is 7.11 Å². The van der Waals surface area contributed by atoms with Crippen molar-refractivity contribution in [2.45, 2.75) is 10.1 Å². The predicted molar refractivity (Wildman–Crippen MR) is 71.9 cm³/mol. The molecule has 3 nitrogen and oxygen atoms in total. The maximum absolute atomic E-state index is 5.09. The van der Waals surface area contributed by atoms with Crippen molar-refractivity contribution in [1.82, 2.24) is 9.97 Å². The van der Waals surface area contributed by atoms with Gasteiger partial charge >= 0.3 is 0 Å². The fraction of sp³-hybridized carbons (Fsp3) is 0.0909. The molecule has 2 rings (SSSR count). The predicted octanol–water partition coefficient (Wildman–Crippen LogP) is 3.24. The van der Waals surface area contributed by atoms with Crippen molar-refractivity contribution in [3.05, 3.63) is 40.2 Å². The first-order chi connectivity index (χ1) is 7.78. The topological polar surface area (TPSA) is 35.0 Å². The van der Waals surface area contributed by atoms with Gasteiger partial charge in [0.25, 0.3) is 0 Å². The van der Waals surface area contributed by atoms with Crippen LogP contribution < -0.4 is 4.74 Å². The third-order valence-electron chi connectivity index (χ3n) is 1.87. The van der Waals surface area contributed by atoms with E-state index in [4.69, 9.17) is 4.74 Å². The van der Waals surface area contributed by atoms with Crippen LogP contribution in [0.2, 0.25) is 0 Å². The molecule has 0 spiro atoms. The van der Waals surface area contributed by atoms with Crippen molar-refractivity contribution in [3.63, 3.8) is 0 Å². The van der Waals surface area contributed by atoms with Crippen molar-refractivity contribution in [2.24, 2.45) is 0 Å². The highest BCUT2D eigenvalue weighted by Crippen LogP contribution is 2.26. The number of benzene rings is 1. The standard InChI is InChI=1S/C11H9IN2OS/c1-15-9-2-4-10(5-3-9)16-11-13-6-8(12)7-14-11/h2-7H,1H3. The van der Waals surface area contributed by atoms with E-state index in [-0.39, 0.29) is 0 Å². The van der Waals surface area contributed by atoms with E-state index in [1.165, 1.54) is 11.8 Å². The number of hydrogen-bond acceptors (Lipinski definition) is 4. The Bertz CT molecular complexity index is 458. The molecular formula is C11H9IN2OS. The highest BCUT2D eigenvalue weighted by molar-refractivity contribution is 14.1. The number of rotatable bonds is 3. The van der Waals surface area contributed by atoms with Crippen molar-refractivity contribution in [1.29, 1.82) is 0 Å². The second kappa shape index (κ2) is 5.49. The van der Waals surface area contributed by atoms with Gasteiger partial charge in [0.2, 0.25) is 0 Å². The number of ether oxygens (including phenoxy) is 1. The summed E-state index contributed by atoms with van der Waals surface area (Å²) >= 11 is 3.72. The van der Waals surface area contributed by atoms with Gasteiger partial charge in [-0.1, -0.05) is 0 Å². The van der Waals surface area contributed by atoms with Crippen LogP contribution in [0, 0.1) is 3.57 Å². The normalized spacial score (nSPS) is 10.1. The number of hydrogen-bond donors (Lipinski definition) is 0. The molecule has 0 aliphatic carbocycles. The second-order valence-corrected chi connectivity index (χ2v) is 5.25. The molecule has 1 aromatic carbocycles. The Kier molecular flexibility index (Phi) is 4.00. The molecule has 0 aliphatic rings. The van der Waals surface area contributed by atoms with Gasteiger partial charge in [-0.05, 0) is 58.6 Å². The molecule has 0 unspecified atom stereocenters. The minimum absolute atomic E-state index is 0.755. The number of nitrogens with zero attached hydrogens (tertiary/aromatic N) is 2. The summed E-state index contributed by atoms with van der Waals surface area (Å²) in [5.41, 5.74) is 0. The second-order valence-electron chi connectivity index (χ2n) is 2.96. The van der Waals surface area contributed by atoms with Crippen LogP contribution in [0.25, 0.3) is 0 Å². The molecule has 0 saturated carbocycles. The van der Waals surface area contributed by atoms with Crippen LogP contribution >= 0.6 is 34.4 Å². The monoisotopic (exact) mass is 344 g/mol. The zero-order valence-corrected chi connectivity index (χ0v) is 11.5. The summed E-state index contributed by atoms with van der Waals surface area (Å²) in [6.07, 6.45) is 3.61. The molecule has 0 fully saturated rings. The average molecular weight is 344 g/mol. The van der Waals surface area contributed by atoms with E-state index >= 15 is 0 Å². The van der Waals surface area contributed by atoms with Crippen LogP contribution in [-0.4, -0.2) is 17.1 Å². The zero-order chi connectivity index (χ0) is 11.4. The first-order valence-electron chi connectivity index (χ1n) is 4.57. The Labute approximate surface area is 112 Å². The molecule has 16 heavy (non-hydrogen) atoms. The fourth-order valence-electron chi connectivity index (χ4n) is 1.10. The van der Waals surface area contributed by atoms with Crippen LogP contribution in [0.3, 0.4) is 0 Å². The lowest BCUT2D eigenvalue weighted by Crippen LogP contribution is -1.86. The molecule has 5 heteroatoms. The minimum atomic E-state index is 0.755. The molecule has 0 radical (unpaired) electrons. The Morgan fingerprint density at radius 1 is 1.12 bits per heavy atom. The smallest absolute Gasteiger partial charge is 0.192 e. The van der Waals surface area contributed by atoms with Gasteiger partial charge < -0.3 is 4.74 Å². The molecule has 0 atom stereocenters. The molecule has 0 bridgehead atoms. The maximum atomic E-state index is 5.09. The van der Waals surface area contributed by atoms with Crippen LogP contribution in [-0.2, 0) is 0 Å². The molecule has 2 aromatic rings. The van der Waals surface area contributed by atoms with E-state index < -0.39 is 0 Å². The molecule has 1 aromatic heterocycles. The Balaban J connectivity index is 2.11. The van der Waals surface area contributed by atoms with E-state index in [0.717, 1.165) is 19.4 Å². The van der Waals surface area contributed by atoms with E-state index in [1.54, 1.807) is 19.5 Å².